The highest BCUT2D eigenvalue weighted by molar-refractivity contribution is 6.35. The van der Waals surface area contributed by atoms with E-state index in [0.29, 0.717) is 15.6 Å². The molecule has 4 nitrogen and oxygen atoms in total. The number of hydrogen-bond acceptors (Lipinski definition) is 3. The third kappa shape index (κ3) is 3.88. The maximum Gasteiger partial charge on any atom is 0.367 e. The molecule has 0 radical (unpaired) electrons. The fraction of sp³-hybridized carbons (Fsp3) is 0. The fourth-order valence-corrected chi connectivity index (χ4v) is 2.11. The first-order valence-electron chi connectivity index (χ1n) is 5.74. The number of hydrogen-bond donors (Lipinski definition) is 1. The normalized spacial score (nSPS) is 11.3. The molecule has 0 aliphatic heterocycles. The molecule has 0 heterocycles. The van der Waals surface area contributed by atoms with E-state index >= 15 is 0 Å². The van der Waals surface area contributed by atoms with Gasteiger partial charge in [-0.05, 0) is 30.3 Å². The van der Waals surface area contributed by atoms with E-state index in [-0.39, 0.29) is 16.4 Å². The lowest BCUT2D eigenvalue weighted by atomic mass is 10.2. The molecule has 0 amide bonds. The predicted molar refractivity (Wildman–Crippen MR) is 84.1 cm³/mol. The molecule has 0 aliphatic carbocycles. The van der Waals surface area contributed by atoms with Crippen LogP contribution in [0.2, 0.25) is 15.1 Å². The van der Waals surface area contributed by atoms with E-state index in [4.69, 9.17) is 45.4 Å². The van der Waals surface area contributed by atoms with Gasteiger partial charge in [0.15, 0.2) is 5.84 Å². The minimum atomic E-state index is -0.766. The lowest BCUT2D eigenvalue weighted by Gasteiger charge is -2.04. The summed E-state index contributed by atoms with van der Waals surface area (Å²) in [5.74, 6) is -0.787. The molecule has 2 rings (SSSR count). The van der Waals surface area contributed by atoms with E-state index in [2.05, 4.69) is 5.16 Å². The number of amidine groups is 1. The molecule has 0 aliphatic rings. The van der Waals surface area contributed by atoms with Crippen molar-refractivity contribution in [3.8, 4) is 0 Å². The molecule has 0 bridgehead atoms. The Labute approximate surface area is 136 Å². The summed E-state index contributed by atoms with van der Waals surface area (Å²) < 4.78 is 0. The highest BCUT2D eigenvalue weighted by Crippen LogP contribution is 2.21. The van der Waals surface area contributed by atoms with E-state index in [0.717, 1.165) is 0 Å². The van der Waals surface area contributed by atoms with Gasteiger partial charge in [0, 0.05) is 10.6 Å². The van der Waals surface area contributed by atoms with Crippen molar-refractivity contribution in [2.45, 2.75) is 0 Å². The van der Waals surface area contributed by atoms with Crippen molar-refractivity contribution in [1.82, 2.24) is 0 Å². The lowest BCUT2D eigenvalue weighted by Crippen LogP contribution is -2.15. The predicted octanol–water partition coefficient (Wildman–Crippen LogP) is 4.12. The Bertz CT molecular complexity index is 717. The van der Waals surface area contributed by atoms with Crippen LogP contribution in [0.5, 0.6) is 0 Å². The molecule has 0 atom stereocenters. The van der Waals surface area contributed by atoms with E-state index in [1.165, 1.54) is 12.1 Å². The second kappa shape index (κ2) is 6.80. The zero-order chi connectivity index (χ0) is 15.4. The zero-order valence-electron chi connectivity index (χ0n) is 10.5. The first-order chi connectivity index (χ1) is 9.99. The number of carbonyl (C=O) groups is 1. The average molecular weight is 344 g/mol. The molecule has 0 unspecified atom stereocenters. The number of nitrogens with two attached hydrogens (primary N) is 1. The Morgan fingerprint density at radius 2 is 1.67 bits per heavy atom. The Kier molecular flexibility index (Phi) is 5.07. The summed E-state index contributed by atoms with van der Waals surface area (Å²) in [6, 6.07) is 11.2. The van der Waals surface area contributed by atoms with Crippen molar-refractivity contribution in [1.29, 1.82) is 0 Å². The summed E-state index contributed by atoms with van der Waals surface area (Å²) >= 11 is 17.6. The van der Waals surface area contributed by atoms with Gasteiger partial charge in [0.25, 0.3) is 0 Å². The number of halogens is 3. The molecular formula is C14H9Cl3N2O2. The minimum Gasteiger partial charge on any atom is -0.380 e. The van der Waals surface area contributed by atoms with Gasteiger partial charge < -0.3 is 10.6 Å². The summed E-state index contributed by atoms with van der Waals surface area (Å²) in [5, 5.41) is 4.52. The number of carbonyl (C=O) groups excluding carboxylic acids is 1. The number of nitrogens with zero attached hydrogens (tertiary/aromatic N) is 1. The van der Waals surface area contributed by atoms with Crippen molar-refractivity contribution in [3.63, 3.8) is 0 Å². The van der Waals surface area contributed by atoms with Crippen molar-refractivity contribution in [3.05, 3.63) is 68.7 Å². The lowest BCUT2D eigenvalue weighted by molar-refractivity contribution is 0.0516. The molecule has 0 aromatic heterocycles. The van der Waals surface area contributed by atoms with Crippen molar-refractivity contribution in [2.24, 2.45) is 10.9 Å². The van der Waals surface area contributed by atoms with Crippen molar-refractivity contribution >= 4 is 46.6 Å². The summed E-state index contributed by atoms with van der Waals surface area (Å²) in [7, 11) is 0. The van der Waals surface area contributed by atoms with E-state index in [1.807, 2.05) is 0 Å². The Morgan fingerprint density at radius 1 is 1.00 bits per heavy atom. The summed E-state index contributed by atoms with van der Waals surface area (Å²) in [6.07, 6.45) is 0. The Balaban J connectivity index is 2.19. The van der Waals surface area contributed by atoms with Gasteiger partial charge in [0.1, 0.15) is 0 Å². The molecular weight excluding hydrogens is 335 g/mol. The average Bonchev–Trinajstić information content (AvgIpc) is 2.47. The molecule has 2 aromatic carbocycles. The molecule has 0 saturated heterocycles. The standard InChI is InChI=1S/C14H9Cl3N2O2/c15-8-5-6-12(17)10(7-8)14(20)21-19-13(18)9-3-1-2-4-11(9)16/h1-7H,(H2,18,19). The first-order valence-corrected chi connectivity index (χ1v) is 6.87. The zero-order valence-corrected chi connectivity index (χ0v) is 12.8. The number of oxime groups is 1. The molecule has 2 aromatic rings. The first kappa shape index (κ1) is 15.6. The molecule has 108 valence electrons. The highest BCUT2D eigenvalue weighted by Gasteiger charge is 2.13. The molecule has 7 heteroatoms. The largest absolute Gasteiger partial charge is 0.380 e. The number of rotatable bonds is 3. The van der Waals surface area contributed by atoms with Crippen LogP contribution in [0.3, 0.4) is 0 Å². The third-order valence-electron chi connectivity index (χ3n) is 2.53. The van der Waals surface area contributed by atoms with Gasteiger partial charge in [0.2, 0.25) is 0 Å². The third-order valence-corrected chi connectivity index (χ3v) is 3.42. The van der Waals surface area contributed by atoms with Crippen LogP contribution in [0.15, 0.2) is 47.6 Å². The second-order valence-electron chi connectivity index (χ2n) is 3.96. The van der Waals surface area contributed by atoms with Gasteiger partial charge in [-0.1, -0.05) is 52.1 Å². The van der Waals surface area contributed by atoms with E-state index < -0.39 is 5.97 Å². The molecule has 0 saturated carbocycles. The summed E-state index contributed by atoms with van der Waals surface area (Å²) in [4.78, 5) is 16.6. The van der Waals surface area contributed by atoms with Gasteiger partial charge in [-0.15, -0.1) is 0 Å². The smallest absolute Gasteiger partial charge is 0.367 e. The molecule has 0 fully saturated rings. The maximum absolute atomic E-state index is 11.9. The molecule has 21 heavy (non-hydrogen) atoms. The molecule has 0 spiro atoms. The van der Waals surface area contributed by atoms with Gasteiger partial charge >= 0.3 is 5.97 Å². The van der Waals surface area contributed by atoms with Crippen LogP contribution in [0.25, 0.3) is 0 Å². The minimum absolute atomic E-state index is 0.0212. The molecule has 2 N–H and O–H groups in total. The quantitative estimate of drug-likeness (QED) is 0.394. The maximum atomic E-state index is 11.9. The van der Waals surface area contributed by atoms with Crippen LogP contribution in [0.1, 0.15) is 15.9 Å². The SMILES string of the molecule is N/C(=N\OC(=O)c1cc(Cl)ccc1Cl)c1ccccc1Cl. The topological polar surface area (TPSA) is 64.7 Å². The van der Waals surface area contributed by atoms with Crippen LogP contribution >= 0.6 is 34.8 Å². The summed E-state index contributed by atoms with van der Waals surface area (Å²) in [6.45, 7) is 0. The van der Waals surface area contributed by atoms with E-state index in [1.54, 1.807) is 30.3 Å². The van der Waals surface area contributed by atoms with Gasteiger partial charge in [-0.25, -0.2) is 4.79 Å². The Morgan fingerprint density at radius 3 is 2.38 bits per heavy atom. The van der Waals surface area contributed by atoms with Crippen LogP contribution < -0.4 is 5.73 Å². The monoisotopic (exact) mass is 342 g/mol. The highest BCUT2D eigenvalue weighted by atomic mass is 35.5. The number of benzene rings is 2. The van der Waals surface area contributed by atoms with Crippen molar-refractivity contribution < 1.29 is 9.63 Å². The fourth-order valence-electron chi connectivity index (χ4n) is 1.51. The van der Waals surface area contributed by atoms with E-state index in [9.17, 15) is 4.79 Å². The van der Waals surface area contributed by atoms with Gasteiger partial charge in [-0.2, -0.15) is 0 Å². The summed E-state index contributed by atoms with van der Waals surface area (Å²) in [5.41, 5.74) is 6.28. The second-order valence-corrected chi connectivity index (χ2v) is 5.21. The van der Waals surface area contributed by atoms with Gasteiger partial charge in [-0.3, -0.25) is 0 Å². The Hall–Kier alpha value is -1.75. The van der Waals surface area contributed by atoms with Gasteiger partial charge in [0.05, 0.1) is 15.6 Å². The van der Waals surface area contributed by atoms with Crippen LogP contribution in [0.4, 0.5) is 0 Å². The van der Waals surface area contributed by atoms with Crippen LogP contribution in [0, 0.1) is 0 Å². The van der Waals surface area contributed by atoms with Crippen LogP contribution in [-0.2, 0) is 4.84 Å². The van der Waals surface area contributed by atoms with Crippen LogP contribution in [-0.4, -0.2) is 11.8 Å². The van der Waals surface area contributed by atoms with Crippen molar-refractivity contribution in [2.75, 3.05) is 0 Å².